The summed E-state index contributed by atoms with van der Waals surface area (Å²) in [6.45, 7) is -0.0376. The van der Waals surface area contributed by atoms with Crippen LogP contribution in [0.2, 0.25) is 0 Å². The minimum atomic E-state index is -1.47. The molecule has 5 amide bonds. The molecule has 42 heavy (non-hydrogen) atoms. The maximum Gasteiger partial charge on any atom is 0.330 e. The Kier molecular flexibility index (Phi) is 10.2. The lowest BCUT2D eigenvalue weighted by Gasteiger charge is -2.24. The molecule has 2 atom stereocenters. The Balaban J connectivity index is 1.30. The number of rotatable bonds is 13. The van der Waals surface area contributed by atoms with Crippen molar-refractivity contribution in [1.82, 2.24) is 15.7 Å². The molecule has 1 heterocycles. The van der Waals surface area contributed by atoms with Crippen molar-refractivity contribution in [1.29, 1.82) is 0 Å². The molecule has 0 radical (unpaired) electrons. The fourth-order valence-corrected chi connectivity index (χ4v) is 4.38. The summed E-state index contributed by atoms with van der Waals surface area (Å²) in [5.41, 5.74) is 2.64. The van der Waals surface area contributed by atoms with Crippen molar-refractivity contribution in [2.75, 3.05) is 23.3 Å². The summed E-state index contributed by atoms with van der Waals surface area (Å²) in [7, 11) is 0. The van der Waals surface area contributed by atoms with Crippen LogP contribution in [-0.4, -0.2) is 59.5 Å². The number of hydrogen-bond acceptors (Lipinski definition) is 6. The molecule has 1 aliphatic rings. The van der Waals surface area contributed by atoms with Gasteiger partial charge in [-0.2, -0.15) is 0 Å². The van der Waals surface area contributed by atoms with E-state index in [0.29, 0.717) is 23.0 Å². The molecular formula is C30H31N5O7. The molecule has 1 aliphatic heterocycles. The molecule has 4 rings (SSSR count). The van der Waals surface area contributed by atoms with Gasteiger partial charge in [-0.1, -0.05) is 66.7 Å². The predicted octanol–water partition coefficient (Wildman–Crippen LogP) is 2.52. The first-order chi connectivity index (χ1) is 20.3. The number of carbonyl (C=O) groups excluding carboxylic acids is 4. The van der Waals surface area contributed by atoms with E-state index in [1.165, 1.54) is 4.90 Å². The normalized spacial score (nSPS) is 15.0. The van der Waals surface area contributed by atoms with E-state index < -0.39 is 36.4 Å². The van der Waals surface area contributed by atoms with E-state index in [-0.39, 0.29) is 31.9 Å². The predicted molar refractivity (Wildman–Crippen MR) is 153 cm³/mol. The quantitative estimate of drug-likeness (QED) is 0.181. The second kappa shape index (κ2) is 14.4. The molecule has 0 spiro atoms. The van der Waals surface area contributed by atoms with Crippen LogP contribution in [0.3, 0.4) is 0 Å². The number of benzene rings is 3. The molecule has 1 saturated heterocycles. The Hall–Kier alpha value is -5.23. The van der Waals surface area contributed by atoms with Gasteiger partial charge in [-0.3, -0.25) is 19.2 Å². The molecule has 1 fully saturated rings. The lowest BCUT2D eigenvalue weighted by atomic mass is 10.1. The van der Waals surface area contributed by atoms with Crippen LogP contribution in [0.5, 0.6) is 0 Å². The minimum absolute atomic E-state index is 0.0357. The van der Waals surface area contributed by atoms with Gasteiger partial charge in [0.05, 0.1) is 12.5 Å². The van der Waals surface area contributed by atoms with Crippen molar-refractivity contribution in [3.05, 3.63) is 96.1 Å². The number of urea groups is 1. The number of anilines is 2. The summed E-state index contributed by atoms with van der Waals surface area (Å²) in [5.74, 6) is -2.93. The standard InChI is InChI=1S/C30H31N5O7/c36-20-35(42-19-22-10-5-2-6-11-22)26(29(39)40)17-31-28(38)23-14-27(37)34(18-23)25-13-7-12-24(15-25)33-30(41)32-16-21-8-3-1-4-9-21/h1-13,15,20,23,26H,14,16-19H2,(H,31,38)(H,39,40)(H2,32,33,41). The Morgan fingerprint density at radius 2 is 1.67 bits per heavy atom. The SMILES string of the molecule is O=CN(OCc1ccccc1)C(CNC(=O)C1CC(=O)N(c2cccc(NC(=O)NCc3ccccc3)c2)C1)C(=O)O. The summed E-state index contributed by atoms with van der Waals surface area (Å²) in [4.78, 5) is 68.2. The third-order valence-corrected chi connectivity index (χ3v) is 6.60. The molecular weight excluding hydrogens is 542 g/mol. The van der Waals surface area contributed by atoms with Gasteiger partial charge in [-0.25, -0.2) is 14.7 Å². The molecule has 3 aromatic rings. The molecule has 218 valence electrons. The highest BCUT2D eigenvalue weighted by Gasteiger charge is 2.36. The van der Waals surface area contributed by atoms with Gasteiger partial charge in [0.15, 0.2) is 6.04 Å². The summed E-state index contributed by atoms with van der Waals surface area (Å²) in [5, 5.41) is 18.3. The maximum absolute atomic E-state index is 12.9. The number of carbonyl (C=O) groups is 5. The van der Waals surface area contributed by atoms with Crippen LogP contribution < -0.4 is 20.9 Å². The highest BCUT2D eigenvalue weighted by atomic mass is 16.7. The number of carboxylic acids is 1. The van der Waals surface area contributed by atoms with Crippen LogP contribution in [0, 0.1) is 5.92 Å². The fraction of sp³-hybridized carbons (Fsp3) is 0.233. The van der Waals surface area contributed by atoms with Crippen LogP contribution in [0.4, 0.5) is 16.2 Å². The van der Waals surface area contributed by atoms with E-state index in [2.05, 4.69) is 16.0 Å². The van der Waals surface area contributed by atoms with E-state index >= 15 is 0 Å². The topological polar surface area (TPSA) is 157 Å². The zero-order chi connectivity index (χ0) is 29.9. The summed E-state index contributed by atoms with van der Waals surface area (Å²) in [6.07, 6.45) is 0.165. The Morgan fingerprint density at radius 1 is 0.976 bits per heavy atom. The zero-order valence-electron chi connectivity index (χ0n) is 22.6. The highest BCUT2D eigenvalue weighted by Crippen LogP contribution is 2.27. The zero-order valence-corrected chi connectivity index (χ0v) is 22.6. The van der Waals surface area contributed by atoms with Gasteiger partial charge in [0.1, 0.15) is 6.61 Å². The third-order valence-electron chi connectivity index (χ3n) is 6.60. The molecule has 12 heteroatoms. The van der Waals surface area contributed by atoms with Crippen LogP contribution in [0.25, 0.3) is 0 Å². The number of carboxylic acid groups (broad SMARTS) is 1. The summed E-state index contributed by atoms with van der Waals surface area (Å²) in [6, 6.07) is 23.1. The minimum Gasteiger partial charge on any atom is -0.480 e. The number of nitrogens with one attached hydrogen (secondary N) is 3. The van der Waals surface area contributed by atoms with Crippen LogP contribution in [0.15, 0.2) is 84.9 Å². The summed E-state index contributed by atoms with van der Waals surface area (Å²) >= 11 is 0. The number of amides is 5. The lowest BCUT2D eigenvalue weighted by molar-refractivity contribution is -0.200. The van der Waals surface area contributed by atoms with Gasteiger partial charge in [0.2, 0.25) is 18.2 Å². The van der Waals surface area contributed by atoms with Crippen LogP contribution in [-0.2, 0) is 37.2 Å². The van der Waals surface area contributed by atoms with E-state index in [4.69, 9.17) is 4.84 Å². The second-order valence-electron chi connectivity index (χ2n) is 9.57. The highest BCUT2D eigenvalue weighted by molar-refractivity contribution is 6.01. The molecule has 3 aromatic carbocycles. The maximum atomic E-state index is 12.9. The van der Waals surface area contributed by atoms with E-state index in [1.807, 2.05) is 36.4 Å². The fourth-order valence-electron chi connectivity index (χ4n) is 4.38. The van der Waals surface area contributed by atoms with Gasteiger partial charge in [-0.05, 0) is 29.3 Å². The molecule has 0 aliphatic carbocycles. The third kappa shape index (κ3) is 8.15. The molecule has 2 unspecified atom stereocenters. The van der Waals surface area contributed by atoms with E-state index in [0.717, 1.165) is 11.1 Å². The van der Waals surface area contributed by atoms with Gasteiger partial charge >= 0.3 is 12.0 Å². The molecule has 0 saturated carbocycles. The Labute approximate surface area is 242 Å². The first-order valence-corrected chi connectivity index (χ1v) is 13.2. The van der Waals surface area contributed by atoms with Crippen molar-refractivity contribution >= 4 is 41.6 Å². The number of aliphatic carboxylic acids is 1. The molecule has 0 bridgehead atoms. The van der Waals surface area contributed by atoms with Crippen molar-refractivity contribution in [2.45, 2.75) is 25.6 Å². The van der Waals surface area contributed by atoms with E-state index in [1.54, 1.807) is 48.5 Å². The average molecular weight is 574 g/mol. The van der Waals surface area contributed by atoms with E-state index in [9.17, 15) is 29.1 Å². The number of hydroxylamine groups is 2. The molecule has 0 aromatic heterocycles. The average Bonchev–Trinajstić information content (AvgIpc) is 3.40. The number of hydrogen-bond donors (Lipinski definition) is 4. The number of nitrogens with zero attached hydrogens (tertiary/aromatic N) is 2. The summed E-state index contributed by atoms with van der Waals surface area (Å²) < 4.78 is 0. The van der Waals surface area contributed by atoms with Gasteiger partial charge in [-0.15, -0.1) is 0 Å². The van der Waals surface area contributed by atoms with Crippen molar-refractivity contribution in [2.24, 2.45) is 5.92 Å². The lowest BCUT2D eigenvalue weighted by Crippen LogP contribution is -2.49. The second-order valence-corrected chi connectivity index (χ2v) is 9.57. The van der Waals surface area contributed by atoms with Crippen molar-refractivity contribution in [3.63, 3.8) is 0 Å². The molecule has 12 nitrogen and oxygen atoms in total. The first kappa shape index (κ1) is 29.7. The van der Waals surface area contributed by atoms with Crippen molar-refractivity contribution < 1.29 is 33.9 Å². The Bertz CT molecular complexity index is 1400. The largest absolute Gasteiger partial charge is 0.480 e. The first-order valence-electron chi connectivity index (χ1n) is 13.2. The smallest absolute Gasteiger partial charge is 0.330 e. The van der Waals surface area contributed by atoms with Crippen LogP contribution in [0.1, 0.15) is 17.5 Å². The molecule has 4 N–H and O–H groups in total. The van der Waals surface area contributed by atoms with Gasteiger partial charge in [0, 0.05) is 30.9 Å². The Morgan fingerprint density at radius 3 is 2.33 bits per heavy atom. The van der Waals surface area contributed by atoms with Gasteiger partial charge in [0.25, 0.3) is 0 Å². The monoisotopic (exact) mass is 573 g/mol. The van der Waals surface area contributed by atoms with Gasteiger partial charge < -0.3 is 26.0 Å². The van der Waals surface area contributed by atoms with Crippen molar-refractivity contribution in [3.8, 4) is 0 Å². The van der Waals surface area contributed by atoms with Crippen LogP contribution >= 0.6 is 0 Å².